The third-order valence-electron chi connectivity index (χ3n) is 7.06. The van der Waals surface area contributed by atoms with Gasteiger partial charge >= 0.3 is 6.16 Å². The van der Waals surface area contributed by atoms with E-state index in [4.69, 9.17) is 31.3 Å². The fraction of sp³-hybridized carbons (Fsp3) is 0.290. The molecule has 1 fully saturated rings. The van der Waals surface area contributed by atoms with Gasteiger partial charge in [0.25, 0.3) is 5.91 Å². The number of nitrogens with one attached hydrogen (secondary N) is 1. The minimum Gasteiger partial charge on any atom is -0.466 e. The molecule has 10 heteroatoms. The van der Waals surface area contributed by atoms with E-state index >= 15 is 0 Å². The summed E-state index contributed by atoms with van der Waals surface area (Å²) in [5.74, 6) is 0.424. The van der Waals surface area contributed by atoms with Gasteiger partial charge in [0.15, 0.2) is 6.61 Å². The molecule has 1 atom stereocenters. The van der Waals surface area contributed by atoms with Crippen molar-refractivity contribution in [3.63, 3.8) is 0 Å². The first kappa shape index (κ1) is 29.6. The van der Waals surface area contributed by atoms with Crippen molar-refractivity contribution in [1.29, 1.82) is 0 Å². The van der Waals surface area contributed by atoms with Crippen molar-refractivity contribution in [1.82, 2.24) is 10.3 Å². The number of ether oxygens (including phenoxy) is 1. The molecule has 1 unspecified atom stereocenters. The predicted molar refractivity (Wildman–Crippen MR) is 155 cm³/mol. The number of carbonyl (C=O) groups is 3. The molecule has 1 aliphatic carbocycles. The Labute approximate surface area is 243 Å². The van der Waals surface area contributed by atoms with Crippen molar-refractivity contribution in [2.45, 2.75) is 44.7 Å². The number of halogens is 1. The fourth-order valence-electron chi connectivity index (χ4n) is 5.08. The maximum Gasteiger partial charge on any atom is 0.503 e. The molecule has 1 heterocycles. The number of carboxylic acid groups (broad SMARTS) is 2. The van der Waals surface area contributed by atoms with Crippen LogP contribution in [0.3, 0.4) is 0 Å². The summed E-state index contributed by atoms with van der Waals surface area (Å²) < 4.78 is 5.54. The topological polar surface area (TPSA) is 129 Å². The van der Waals surface area contributed by atoms with E-state index in [0.29, 0.717) is 29.9 Å². The molecular weight excluding hydrogens is 546 g/mol. The van der Waals surface area contributed by atoms with Crippen LogP contribution in [-0.2, 0) is 27.4 Å². The molecule has 3 aromatic carbocycles. The molecule has 9 nitrogen and oxygen atoms in total. The van der Waals surface area contributed by atoms with Gasteiger partial charge in [0.1, 0.15) is 0 Å². The lowest BCUT2D eigenvalue weighted by molar-refractivity contribution is -0.136. The molecule has 1 saturated carbocycles. The largest absolute Gasteiger partial charge is 0.503 e. The zero-order valence-electron chi connectivity index (χ0n) is 22.4. The van der Waals surface area contributed by atoms with Crippen LogP contribution in [0.4, 0.5) is 4.79 Å². The Morgan fingerprint density at radius 1 is 0.951 bits per heavy atom. The molecule has 0 spiro atoms. The molecule has 1 aliphatic heterocycles. The molecular formula is C31H32ClN3O6. The molecule has 41 heavy (non-hydrogen) atoms. The Morgan fingerprint density at radius 2 is 1.59 bits per heavy atom. The van der Waals surface area contributed by atoms with Crippen LogP contribution >= 0.6 is 11.6 Å². The summed E-state index contributed by atoms with van der Waals surface area (Å²) in [5.41, 5.74) is 3.80. The molecule has 0 radical (unpaired) electrons. The lowest BCUT2D eigenvalue weighted by atomic mass is 9.83. The monoisotopic (exact) mass is 577 g/mol. The fourth-order valence-corrected chi connectivity index (χ4v) is 5.21. The Bertz CT molecular complexity index is 1350. The zero-order valence-corrected chi connectivity index (χ0v) is 23.2. The highest BCUT2D eigenvalue weighted by Gasteiger charge is 2.32. The highest BCUT2D eigenvalue weighted by Crippen LogP contribution is 2.37. The Kier molecular flexibility index (Phi) is 10.3. The minimum atomic E-state index is -1.83. The second kappa shape index (κ2) is 14.3. The van der Waals surface area contributed by atoms with Crippen LogP contribution in [0.15, 0.2) is 84.0 Å². The highest BCUT2D eigenvalue weighted by molar-refractivity contribution is 6.30. The van der Waals surface area contributed by atoms with Crippen molar-refractivity contribution < 1.29 is 29.3 Å². The molecule has 0 saturated heterocycles. The van der Waals surface area contributed by atoms with Gasteiger partial charge in [-0.25, -0.2) is 9.80 Å². The summed E-state index contributed by atoms with van der Waals surface area (Å²) in [6, 6.07) is 25.2. The van der Waals surface area contributed by atoms with Crippen LogP contribution in [0.25, 0.3) is 0 Å². The number of carbonyl (C=O) groups excluding carboxylic acids is 2. The molecule has 0 bridgehead atoms. The van der Waals surface area contributed by atoms with Gasteiger partial charge in [-0.1, -0.05) is 79.0 Å². The average molecular weight is 578 g/mol. The summed E-state index contributed by atoms with van der Waals surface area (Å²) in [6.07, 6.45) is 2.63. The zero-order chi connectivity index (χ0) is 29.2. The van der Waals surface area contributed by atoms with E-state index in [1.165, 1.54) is 5.01 Å². The SMILES string of the molecule is O=C(NCc1ccccc1)C(c1ccc(CN2N=C(c3ccc(Cl)cc3)OCC2=O)cc1)C1CCCC1.O=C(O)O. The van der Waals surface area contributed by atoms with Gasteiger partial charge in [-0.05, 0) is 59.7 Å². The van der Waals surface area contributed by atoms with Crippen LogP contribution in [-0.4, -0.2) is 45.7 Å². The maximum atomic E-state index is 13.3. The second-order valence-corrected chi connectivity index (χ2v) is 10.3. The summed E-state index contributed by atoms with van der Waals surface area (Å²) in [4.78, 5) is 34.4. The lowest BCUT2D eigenvalue weighted by Crippen LogP contribution is -2.36. The smallest absolute Gasteiger partial charge is 0.466 e. The molecule has 214 valence electrons. The molecule has 2 aliphatic rings. The van der Waals surface area contributed by atoms with Crippen LogP contribution in [0.5, 0.6) is 0 Å². The van der Waals surface area contributed by atoms with E-state index in [9.17, 15) is 9.59 Å². The lowest BCUT2D eigenvalue weighted by Gasteiger charge is -2.25. The Balaban J connectivity index is 0.000000909. The predicted octanol–water partition coefficient (Wildman–Crippen LogP) is 5.87. The van der Waals surface area contributed by atoms with Gasteiger partial charge in [0.2, 0.25) is 11.8 Å². The van der Waals surface area contributed by atoms with Gasteiger partial charge in [-0.3, -0.25) is 9.59 Å². The van der Waals surface area contributed by atoms with E-state index < -0.39 is 6.16 Å². The molecule has 3 aromatic rings. The van der Waals surface area contributed by atoms with Crippen LogP contribution in [0.1, 0.15) is 53.9 Å². The van der Waals surface area contributed by atoms with E-state index in [-0.39, 0.29) is 24.3 Å². The maximum absolute atomic E-state index is 13.3. The summed E-state index contributed by atoms with van der Waals surface area (Å²) in [6.45, 7) is 0.785. The third kappa shape index (κ3) is 8.56. The summed E-state index contributed by atoms with van der Waals surface area (Å²) >= 11 is 5.98. The molecule has 5 rings (SSSR count). The normalized spacial score (nSPS) is 15.7. The Morgan fingerprint density at radius 3 is 2.22 bits per heavy atom. The first-order valence-electron chi connectivity index (χ1n) is 13.4. The van der Waals surface area contributed by atoms with Gasteiger partial charge in [-0.15, -0.1) is 5.10 Å². The first-order valence-corrected chi connectivity index (χ1v) is 13.8. The molecule has 2 amide bonds. The quantitative estimate of drug-likeness (QED) is 0.307. The molecule has 3 N–H and O–H groups in total. The van der Waals surface area contributed by atoms with Crippen molar-refractivity contribution in [3.05, 3.63) is 106 Å². The highest BCUT2D eigenvalue weighted by atomic mass is 35.5. The summed E-state index contributed by atoms with van der Waals surface area (Å²) in [5, 5.41) is 23.6. The van der Waals surface area contributed by atoms with E-state index in [1.54, 1.807) is 12.1 Å². The van der Waals surface area contributed by atoms with E-state index in [0.717, 1.165) is 47.9 Å². The van der Waals surface area contributed by atoms with Crippen molar-refractivity contribution in [3.8, 4) is 0 Å². The van der Waals surface area contributed by atoms with Crippen LogP contribution in [0, 0.1) is 5.92 Å². The Hall–Kier alpha value is -4.37. The summed E-state index contributed by atoms with van der Waals surface area (Å²) in [7, 11) is 0. The number of benzene rings is 3. The van der Waals surface area contributed by atoms with E-state index in [2.05, 4.69) is 10.4 Å². The number of hydrogen-bond acceptors (Lipinski definition) is 5. The van der Waals surface area contributed by atoms with Crippen molar-refractivity contribution in [2.75, 3.05) is 6.61 Å². The average Bonchev–Trinajstić information content (AvgIpc) is 3.49. The van der Waals surface area contributed by atoms with Crippen LogP contribution in [0.2, 0.25) is 5.02 Å². The number of hydrogen-bond donors (Lipinski definition) is 3. The number of rotatable bonds is 8. The van der Waals surface area contributed by atoms with Gasteiger partial charge in [-0.2, -0.15) is 0 Å². The second-order valence-electron chi connectivity index (χ2n) is 9.90. The van der Waals surface area contributed by atoms with Crippen molar-refractivity contribution >= 4 is 35.5 Å². The van der Waals surface area contributed by atoms with Crippen LogP contribution < -0.4 is 5.32 Å². The van der Waals surface area contributed by atoms with Gasteiger partial charge in [0.05, 0.1) is 12.5 Å². The minimum absolute atomic E-state index is 0.0646. The van der Waals surface area contributed by atoms with E-state index in [1.807, 2.05) is 66.7 Å². The first-order chi connectivity index (χ1) is 19.8. The third-order valence-corrected chi connectivity index (χ3v) is 7.31. The standard InChI is InChI=1S/C30H30ClN3O3.CH2O3/c31-26-16-14-25(15-17-26)30-33-34(27(35)20-37-30)19-22-10-12-24(13-11-22)28(23-8-4-5-9-23)29(36)32-18-21-6-2-1-3-7-21;2-1(3)4/h1-3,6-7,10-17,23,28H,4-5,8-9,18-20H2,(H,32,36);(H2,2,3,4). The molecule has 0 aromatic heterocycles. The number of hydrazone groups is 1. The number of nitrogens with zero attached hydrogens (tertiary/aromatic N) is 2. The number of amides is 2. The van der Waals surface area contributed by atoms with Crippen molar-refractivity contribution in [2.24, 2.45) is 11.0 Å². The van der Waals surface area contributed by atoms with Gasteiger partial charge < -0.3 is 20.3 Å². The van der Waals surface area contributed by atoms with Gasteiger partial charge in [0, 0.05) is 17.1 Å².